The summed E-state index contributed by atoms with van der Waals surface area (Å²) in [5, 5.41) is 9.31. The van der Waals surface area contributed by atoms with Crippen LogP contribution in [0.5, 0.6) is 5.75 Å². The van der Waals surface area contributed by atoms with Crippen molar-refractivity contribution in [3.8, 4) is 16.9 Å². The zero-order valence-corrected chi connectivity index (χ0v) is 14.8. The molecule has 0 spiro atoms. The number of carbonyl (C=O) groups is 1. The summed E-state index contributed by atoms with van der Waals surface area (Å²) >= 11 is 6.16. The first-order valence-electron chi connectivity index (χ1n) is 7.23. The van der Waals surface area contributed by atoms with Gasteiger partial charge in [0.2, 0.25) is 0 Å². The van der Waals surface area contributed by atoms with Gasteiger partial charge in [-0.05, 0) is 42.3 Å². The van der Waals surface area contributed by atoms with Crippen LogP contribution in [-0.4, -0.2) is 31.9 Å². The van der Waals surface area contributed by atoms with Crippen LogP contribution in [0.15, 0.2) is 41.3 Å². The van der Waals surface area contributed by atoms with Crippen molar-refractivity contribution in [2.45, 2.75) is 18.7 Å². The first kappa shape index (κ1) is 18.3. The molecular formula is C17H17ClO5S. The number of sulfone groups is 1. The molecule has 0 atom stereocenters. The highest BCUT2D eigenvalue weighted by Gasteiger charge is 2.16. The number of halogens is 1. The lowest BCUT2D eigenvalue weighted by atomic mass is 9.99. The van der Waals surface area contributed by atoms with Gasteiger partial charge in [-0.15, -0.1) is 0 Å². The summed E-state index contributed by atoms with van der Waals surface area (Å²) in [7, 11) is -3.28. The monoisotopic (exact) mass is 368 g/mol. The van der Waals surface area contributed by atoms with Crippen LogP contribution >= 0.6 is 11.6 Å². The predicted octanol–water partition coefficient (Wildman–Crippen LogP) is 3.57. The maximum absolute atomic E-state index is 11.9. The molecular weight excluding hydrogens is 352 g/mol. The highest BCUT2D eigenvalue weighted by Crippen LogP contribution is 2.37. The average molecular weight is 369 g/mol. The number of ether oxygens (including phenoxy) is 1. The molecule has 24 heavy (non-hydrogen) atoms. The summed E-state index contributed by atoms with van der Waals surface area (Å²) in [6.45, 7) is 2.90. The predicted molar refractivity (Wildman–Crippen MR) is 92.5 cm³/mol. The summed E-state index contributed by atoms with van der Waals surface area (Å²) in [4.78, 5) is 11.0. The van der Waals surface area contributed by atoms with Crippen LogP contribution in [0.25, 0.3) is 11.1 Å². The summed E-state index contributed by atoms with van der Waals surface area (Å²) in [5.74, 6) is -0.682. The van der Waals surface area contributed by atoms with Crippen molar-refractivity contribution in [3.05, 3.63) is 47.0 Å². The van der Waals surface area contributed by atoms with Gasteiger partial charge < -0.3 is 9.84 Å². The third kappa shape index (κ3) is 3.88. The van der Waals surface area contributed by atoms with E-state index in [1.54, 1.807) is 38.1 Å². The summed E-state index contributed by atoms with van der Waals surface area (Å²) in [6.07, 6.45) is 0. The third-order valence-corrected chi connectivity index (χ3v) is 5.75. The Hall–Kier alpha value is -2.05. The molecule has 0 aliphatic rings. The molecule has 1 N–H and O–H groups in total. The number of hydrogen-bond donors (Lipinski definition) is 1. The van der Waals surface area contributed by atoms with E-state index in [2.05, 4.69) is 0 Å². The molecule has 0 aromatic heterocycles. The van der Waals surface area contributed by atoms with Crippen LogP contribution in [0.3, 0.4) is 0 Å². The van der Waals surface area contributed by atoms with Crippen LogP contribution in [0, 0.1) is 6.92 Å². The maximum Gasteiger partial charge on any atom is 0.341 e. The van der Waals surface area contributed by atoms with E-state index in [-0.39, 0.29) is 10.6 Å². The molecule has 7 heteroatoms. The van der Waals surface area contributed by atoms with Gasteiger partial charge in [0, 0.05) is 10.6 Å². The Morgan fingerprint density at radius 2 is 1.79 bits per heavy atom. The lowest BCUT2D eigenvalue weighted by Crippen LogP contribution is -2.10. The fourth-order valence-corrected chi connectivity index (χ4v) is 3.32. The first-order chi connectivity index (χ1) is 11.3. The van der Waals surface area contributed by atoms with Crippen LogP contribution in [0.2, 0.25) is 5.02 Å². The number of aliphatic carboxylic acids is 1. The molecule has 0 fully saturated rings. The Bertz CT molecular complexity index is 857. The van der Waals surface area contributed by atoms with Gasteiger partial charge in [-0.3, -0.25) is 0 Å². The Labute approximate surface area is 145 Å². The molecule has 0 heterocycles. The second-order valence-electron chi connectivity index (χ2n) is 5.16. The molecule has 2 aromatic carbocycles. The smallest absolute Gasteiger partial charge is 0.341 e. The van der Waals surface area contributed by atoms with Crippen LogP contribution in [-0.2, 0) is 14.6 Å². The Kier molecular flexibility index (Phi) is 5.51. The van der Waals surface area contributed by atoms with Crippen LogP contribution < -0.4 is 4.74 Å². The van der Waals surface area contributed by atoms with Crippen molar-refractivity contribution in [1.29, 1.82) is 0 Å². The van der Waals surface area contributed by atoms with E-state index < -0.39 is 22.4 Å². The van der Waals surface area contributed by atoms with E-state index in [0.29, 0.717) is 21.9 Å². The van der Waals surface area contributed by atoms with E-state index in [0.717, 1.165) is 5.56 Å². The Morgan fingerprint density at radius 3 is 2.33 bits per heavy atom. The van der Waals surface area contributed by atoms with Gasteiger partial charge in [0.25, 0.3) is 0 Å². The topological polar surface area (TPSA) is 80.7 Å². The molecule has 0 saturated heterocycles. The molecule has 0 aliphatic carbocycles. The van der Waals surface area contributed by atoms with E-state index >= 15 is 0 Å². The molecule has 0 radical (unpaired) electrons. The van der Waals surface area contributed by atoms with Crippen molar-refractivity contribution in [3.63, 3.8) is 0 Å². The molecule has 2 rings (SSSR count). The molecule has 5 nitrogen and oxygen atoms in total. The van der Waals surface area contributed by atoms with E-state index in [1.807, 2.05) is 0 Å². The lowest BCUT2D eigenvalue weighted by Gasteiger charge is -2.15. The van der Waals surface area contributed by atoms with Crippen molar-refractivity contribution in [2.24, 2.45) is 0 Å². The highest BCUT2D eigenvalue weighted by molar-refractivity contribution is 7.91. The number of carboxylic acids is 1. The van der Waals surface area contributed by atoms with Crippen molar-refractivity contribution < 1.29 is 23.1 Å². The second-order valence-corrected chi connectivity index (χ2v) is 7.84. The van der Waals surface area contributed by atoms with E-state index in [1.165, 1.54) is 12.1 Å². The SMILES string of the molecule is CCS(=O)(=O)c1ccc(-c2c(OCC(=O)O)ccc(Cl)c2C)cc1. The van der Waals surface area contributed by atoms with Crippen molar-refractivity contribution in [2.75, 3.05) is 12.4 Å². The first-order valence-corrected chi connectivity index (χ1v) is 9.26. The minimum absolute atomic E-state index is 0.0233. The molecule has 0 amide bonds. The van der Waals surface area contributed by atoms with Gasteiger partial charge in [0.15, 0.2) is 16.4 Å². The van der Waals surface area contributed by atoms with Crippen LogP contribution in [0.1, 0.15) is 12.5 Å². The highest BCUT2D eigenvalue weighted by atomic mass is 35.5. The number of rotatable bonds is 6. The van der Waals surface area contributed by atoms with Gasteiger partial charge in [0.1, 0.15) is 5.75 Å². The normalized spacial score (nSPS) is 11.3. The Morgan fingerprint density at radius 1 is 1.17 bits per heavy atom. The quantitative estimate of drug-likeness (QED) is 0.842. The minimum Gasteiger partial charge on any atom is -0.481 e. The number of carboxylic acid groups (broad SMARTS) is 1. The molecule has 0 saturated carbocycles. The number of hydrogen-bond acceptors (Lipinski definition) is 4. The zero-order chi connectivity index (χ0) is 17.9. The maximum atomic E-state index is 11.9. The average Bonchev–Trinajstić information content (AvgIpc) is 2.56. The standard InChI is InChI=1S/C17H17ClO5S/c1-3-24(21,22)13-6-4-12(5-7-13)17-11(2)14(18)8-9-15(17)23-10-16(19)20/h4-9H,3,10H2,1-2H3,(H,19,20). The van der Waals surface area contributed by atoms with E-state index in [4.69, 9.17) is 21.4 Å². The van der Waals surface area contributed by atoms with Gasteiger partial charge in [0.05, 0.1) is 10.6 Å². The fraction of sp³-hybridized carbons (Fsp3) is 0.235. The molecule has 0 bridgehead atoms. The molecule has 0 unspecified atom stereocenters. The summed E-state index contributed by atoms with van der Waals surface area (Å²) < 4.78 is 29.1. The third-order valence-electron chi connectivity index (χ3n) is 3.59. The van der Waals surface area contributed by atoms with E-state index in [9.17, 15) is 13.2 Å². The number of benzene rings is 2. The largest absolute Gasteiger partial charge is 0.481 e. The zero-order valence-electron chi connectivity index (χ0n) is 13.2. The Balaban J connectivity index is 2.50. The molecule has 0 aliphatic heterocycles. The van der Waals surface area contributed by atoms with Crippen LogP contribution in [0.4, 0.5) is 0 Å². The van der Waals surface area contributed by atoms with Gasteiger partial charge >= 0.3 is 5.97 Å². The second kappa shape index (κ2) is 7.23. The fourth-order valence-electron chi connectivity index (χ4n) is 2.28. The van der Waals surface area contributed by atoms with Gasteiger partial charge in [-0.25, -0.2) is 13.2 Å². The summed E-state index contributed by atoms with van der Waals surface area (Å²) in [5.41, 5.74) is 2.07. The van der Waals surface area contributed by atoms with Gasteiger partial charge in [-0.2, -0.15) is 0 Å². The lowest BCUT2D eigenvalue weighted by molar-refractivity contribution is -0.139. The van der Waals surface area contributed by atoms with Crippen molar-refractivity contribution >= 4 is 27.4 Å². The molecule has 128 valence electrons. The molecule has 2 aromatic rings. The minimum atomic E-state index is -3.28. The summed E-state index contributed by atoms with van der Waals surface area (Å²) in [6, 6.07) is 9.60. The van der Waals surface area contributed by atoms with Gasteiger partial charge in [-0.1, -0.05) is 30.7 Å². The van der Waals surface area contributed by atoms with Crippen molar-refractivity contribution in [1.82, 2.24) is 0 Å².